The lowest BCUT2D eigenvalue weighted by Crippen LogP contribution is -2.50. The molecule has 1 spiro atoms. The van der Waals surface area contributed by atoms with E-state index >= 15 is 0 Å². The molecule has 0 bridgehead atoms. The van der Waals surface area contributed by atoms with Crippen molar-refractivity contribution in [1.29, 1.82) is 0 Å². The van der Waals surface area contributed by atoms with Crippen LogP contribution in [0.1, 0.15) is 30.0 Å². The zero-order chi connectivity index (χ0) is 23.9. The van der Waals surface area contributed by atoms with E-state index in [-0.39, 0.29) is 28.7 Å². The summed E-state index contributed by atoms with van der Waals surface area (Å²) in [5, 5.41) is 3.05. The highest BCUT2D eigenvalue weighted by Gasteiger charge is 2.53. The van der Waals surface area contributed by atoms with Gasteiger partial charge in [-0.15, -0.1) is 0 Å². The number of sulfone groups is 1. The Balaban J connectivity index is 1.44. The van der Waals surface area contributed by atoms with Crippen LogP contribution in [0.3, 0.4) is 0 Å². The molecule has 9 heteroatoms. The minimum absolute atomic E-state index is 0.0721. The maximum atomic E-state index is 14.7. The van der Waals surface area contributed by atoms with Gasteiger partial charge in [0.25, 0.3) is 0 Å². The fraction of sp³-hybridized carbons (Fsp3) is 0.480. The normalized spacial score (nSPS) is 22.7. The number of rotatable bonds is 7. The van der Waals surface area contributed by atoms with Crippen LogP contribution < -0.4 is 14.8 Å². The molecule has 2 aromatic rings. The van der Waals surface area contributed by atoms with E-state index < -0.39 is 15.7 Å². The number of methoxy groups -OCH3 is 1. The van der Waals surface area contributed by atoms with Crippen molar-refractivity contribution in [3.63, 3.8) is 0 Å². The van der Waals surface area contributed by atoms with Gasteiger partial charge in [-0.25, -0.2) is 12.8 Å². The second-order valence-corrected chi connectivity index (χ2v) is 11.6. The van der Waals surface area contributed by atoms with Gasteiger partial charge in [0.15, 0.2) is 21.4 Å². The van der Waals surface area contributed by atoms with Gasteiger partial charge in [-0.1, -0.05) is 0 Å². The first-order valence-corrected chi connectivity index (χ1v) is 13.4. The molecule has 1 atom stereocenters. The molecule has 1 N–H and O–H groups in total. The molecule has 5 rings (SSSR count). The van der Waals surface area contributed by atoms with Gasteiger partial charge < -0.3 is 14.8 Å². The first kappa shape index (κ1) is 23.3. The van der Waals surface area contributed by atoms with Gasteiger partial charge in [-0.05, 0) is 61.5 Å². The Morgan fingerprint density at radius 1 is 1.24 bits per heavy atom. The molecule has 3 heterocycles. The summed E-state index contributed by atoms with van der Waals surface area (Å²) >= 11 is 0. The third kappa shape index (κ3) is 4.44. The molecule has 3 aliphatic heterocycles. The molecule has 0 saturated carbocycles. The highest BCUT2D eigenvalue weighted by atomic mass is 32.2. The maximum absolute atomic E-state index is 14.7. The second kappa shape index (κ2) is 8.94. The van der Waals surface area contributed by atoms with Crippen LogP contribution in [0.5, 0.6) is 11.5 Å². The van der Waals surface area contributed by atoms with Crippen molar-refractivity contribution in [1.82, 2.24) is 10.2 Å². The minimum atomic E-state index is -2.91. The average molecular weight is 488 g/mol. The third-order valence-corrected chi connectivity index (χ3v) is 9.18. The molecule has 7 nitrogen and oxygen atoms in total. The Bertz CT molecular complexity index is 1200. The summed E-state index contributed by atoms with van der Waals surface area (Å²) < 4.78 is 49.4. The van der Waals surface area contributed by atoms with Crippen LogP contribution in [0, 0.1) is 11.2 Å². The predicted molar refractivity (Wildman–Crippen MR) is 130 cm³/mol. The molecular weight excluding hydrogens is 457 g/mol. The summed E-state index contributed by atoms with van der Waals surface area (Å²) in [6, 6.07) is 11.0. The highest BCUT2D eigenvalue weighted by molar-refractivity contribution is 7.92. The van der Waals surface area contributed by atoms with Crippen LogP contribution in [0.15, 0.2) is 41.4 Å². The third-order valence-electron chi connectivity index (χ3n) is 7.07. The van der Waals surface area contributed by atoms with E-state index in [4.69, 9.17) is 14.5 Å². The largest absolute Gasteiger partial charge is 0.494 e. The molecule has 2 saturated heterocycles. The van der Waals surface area contributed by atoms with Crippen molar-refractivity contribution in [3.05, 3.63) is 53.3 Å². The van der Waals surface area contributed by atoms with Crippen LogP contribution in [0.4, 0.5) is 10.1 Å². The SMILES string of the molecule is CNCCOc1ccc(C2=Nc3cc(OC)c(F)cc3C(N3CCC4(C3)CS(=O)(=O)C4)C2)cc1. The van der Waals surface area contributed by atoms with E-state index in [0.717, 1.165) is 42.1 Å². The van der Waals surface area contributed by atoms with Gasteiger partial charge in [0.05, 0.1) is 30.0 Å². The molecule has 2 aromatic carbocycles. The Labute approximate surface area is 199 Å². The molecule has 0 radical (unpaired) electrons. The Kier molecular flexibility index (Phi) is 6.12. The van der Waals surface area contributed by atoms with Crippen molar-refractivity contribution in [3.8, 4) is 11.5 Å². The molecule has 0 amide bonds. The number of fused-ring (bicyclic) bond motifs is 1. The molecule has 0 aromatic heterocycles. The number of ether oxygens (including phenoxy) is 2. The number of nitrogens with one attached hydrogen (secondary N) is 1. The number of benzene rings is 2. The number of nitrogens with zero attached hydrogens (tertiary/aromatic N) is 2. The summed E-state index contributed by atoms with van der Waals surface area (Å²) in [7, 11) is 0.419. The van der Waals surface area contributed by atoms with E-state index in [0.29, 0.717) is 25.3 Å². The van der Waals surface area contributed by atoms with Crippen molar-refractivity contribution in [2.24, 2.45) is 10.4 Å². The predicted octanol–water partition coefficient (Wildman–Crippen LogP) is 3.12. The Morgan fingerprint density at radius 2 is 2.00 bits per heavy atom. The average Bonchev–Trinajstić information content (AvgIpc) is 3.22. The van der Waals surface area contributed by atoms with E-state index in [9.17, 15) is 12.8 Å². The van der Waals surface area contributed by atoms with Gasteiger partial charge in [0, 0.05) is 37.0 Å². The number of aliphatic imine (C=N–C) groups is 1. The van der Waals surface area contributed by atoms with E-state index in [1.807, 2.05) is 31.3 Å². The highest BCUT2D eigenvalue weighted by Crippen LogP contribution is 2.48. The van der Waals surface area contributed by atoms with Crippen LogP contribution in [0.25, 0.3) is 0 Å². The van der Waals surface area contributed by atoms with Crippen molar-refractivity contribution >= 4 is 21.2 Å². The molecule has 182 valence electrons. The van der Waals surface area contributed by atoms with Crippen molar-refractivity contribution in [2.45, 2.75) is 18.9 Å². The summed E-state index contributed by atoms with van der Waals surface area (Å²) in [4.78, 5) is 7.19. The number of hydrogen-bond acceptors (Lipinski definition) is 7. The maximum Gasteiger partial charge on any atom is 0.165 e. The van der Waals surface area contributed by atoms with E-state index in [2.05, 4.69) is 10.2 Å². The van der Waals surface area contributed by atoms with Crippen molar-refractivity contribution in [2.75, 3.05) is 51.9 Å². The minimum Gasteiger partial charge on any atom is -0.494 e. The number of hydrogen-bond donors (Lipinski definition) is 1. The molecule has 1 unspecified atom stereocenters. The first-order chi connectivity index (χ1) is 16.3. The lowest BCUT2D eigenvalue weighted by molar-refractivity contribution is 0.217. The van der Waals surface area contributed by atoms with Crippen molar-refractivity contribution < 1.29 is 22.3 Å². The molecule has 0 aliphatic carbocycles. The van der Waals surface area contributed by atoms with Gasteiger partial charge in [-0.2, -0.15) is 0 Å². The van der Waals surface area contributed by atoms with Crippen LogP contribution in [-0.4, -0.2) is 70.9 Å². The van der Waals surface area contributed by atoms with Crippen LogP contribution in [0.2, 0.25) is 0 Å². The van der Waals surface area contributed by atoms with E-state index in [1.165, 1.54) is 13.2 Å². The van der Waals surface area contributed by atoms with Gasteiger partial charge in [0.2, 0.25) is 0 Å². The number of likely N-dealkylation sites (N-methyl/N-ethyl adjacent to an activating group) is 1. The fourth-order valence-corrected chi connectivity index (χ4v) is 7.70. The monoisotopic (exact) mass is 487 g/mol. The number of halogens is 1. The van der Waals surface area contributed by atoms with Crippen LogP contribution >= 0.6 is 0 Å². The second-order valence-electron chi connectivity index (χ2n) is 9.55. The van der Waals surface area contributed by atoms with E-state index in [1.54, 1.807) is 6.07 Å². The molecule has 34 heavy (non-hydrogen) atoms. The Hall–Kier alpha value is -2.49. The molecular formula is C25H30FN3O4S. The quantitative estimate of drug-likeness (QED) is 0.605. The smallest absolute Gasteiger partial charge is 0.165 e. The van der Waals surface area contributed by atoms with Crippen LogP contribution in [-0.2, 0) is 9.84 Å². The zero-order valence-electron chi connectivity index (χ0n) is 19.5. The standard InChI is InChI=1S/C25H30FN3O4S/c1-27-8-10-33-18-5-3-17(4-6-18)21-12-23(19-11-20(26)24(32-2)13-22(19)28-21)29-9-7-25(14-29)15-34(30,31)16-25/h3-6,11,13,23,27H,7-10,12,14-16H2,1-2H3. The summed E-state index contributed by atoms with van der Waals surface area (Å²) in [5.41, 5.74) is 3.26. The fourth-order valence-electron chi connectivity index (χ4n) is 5.45. The summed E-state index contributed by atoms with van der Waals surface area (Å²) in [5.74, 6) is 1.06. The zero-order valence-corrected chi connectivity index (χ0v) is 20.3. The lowest BCUT2D eigenvalue weighted by Gasteiger charge is -2.39. The summed E-state index contributed by atoms with van der Waals surface area (Å²) in [6.45, 7) is 2.85. The Morgan fingerprint density at radius 3 is 2.68 bits per heavy atom. The first-order valence-electron chi connectivity index (χ1n) is 11.6. The van der Waals surface area contributed by atoms with Gasteiger partial charge >= 0.3 is 0 Å². The lowest BCUT2D eigenvalue weighted by atomic mass is 9.89. The molecule has 3 aliphatic rings. The summed E-state index contributed by atoms with van der Waals surface area (Å²) in [6.07, 6.45) is 1.48. The van der Waals surface area contributed by atoms with Gasteiger partial charge in [-0.3, -0.25) is 9.89 Å². The molecule has 2 fully saturated rings. The van der Waals surface area contributed by atoms with Gasteiger partial charge in [0.1, 0.15) is 12.4 Å². The topological polar surface area (TPSA) is 80.2 Å². The number of likely N-dealkylation sites (tertiary alicyclic amines) is 1.